The molecule has 1 saturated carbocycles. The van der Waals surface area contributed by atoms with Gasteiger partial charge in [0.25, 0.3) is 0 Å². The number of amides is 2. The highest BCUT2D eigenvalue weighted by Gasteiger charge is 2.39. The molecule has 0 bridgehead atoms. The number of nitrogens with one attached hydrogen (secondary N) is 1. The zero-order chi connectivity index (χ0) is 24.4. The molecule has 1 heterocycles. The van der Waals surface area contributed by atoms with Crippen LogP contribution in [-0.2, 0) is 9.53 Å². The standard InChI is InChI=1S/C24H34F3N3O3/c1-16(28-21(31)24(25,26)27)18-7-9-19(10-8-18)20(15-17-5-6-17)29-11-13-30(14-12-29)22(32)33-23(2,3)4/h7-10,16-17,20H,5-6,11-15H2,1-4H3,(H,28,31). The SMILES string of the molecule is CC(NC(=O)C(F)(F)F)c1ccc(C(CC2CC2)N2CCN(C(=O)OC(C)(C)C)CC2)cc1. The van der Waals surface area contributed by atoms with Crippen LogP contribution in [0.1, 0.15) is 70.2 Å². The molecule has 2 amide bonds. The maximum absolute atomic E-state index is 12.5. The fourth-order valence-electron chi connectivity index (χ4n) is 4.08. The van der Waals surface area contributed by atoms with Crippen molar-refractivity contribution in [1.29, 1.82) is 0 Å². The average molecular weight is 470 g/mol. The maximum atomic E-state index is 12.5. The number of hydrogen-bond donors (Lipinski definition) is 1. The molecular weight excluding hydrogens is 435 g/mol. The molecule has 9 heteroatoms. The van der Waals surface area contributed by atoms with Crippen molar-refractivity contribution in [3.8, 4) is 0 Å². The zero-order valence-electron chi connectivity index (χ0n) is 19.7. The monoisotopic (exact) mass is 469 g/mol. The lowest BCUT2D eigenvalue weighted by Crippen LogP contribution is -2.50. The quantitative estimate of drug-likeness (QED) is 0.649. The predicted octanol–water partition coefficient (Wildman–Crippen LogP) is 4.82. The predicted molar refractivity (Wildman–Crippen MR) is 119 cm³/mol. The average Bonchev–Trinajstić information content (AvgIpc) is 3.54. The lowest BCUT2D eigenvalue weighted by atomic mass is 9.96. The van der Waals surface area contributed by atoms with Gasteiger partial charge in [0.1, 0.15) is 5.60 Å². The second-order valence-corrected chi connectivity index (χ2v) is 10.1. The van der Waals surface area contributed by atoms with E-state index in [0.717, 1.165) is 25.1 Å². The molecule has 1 saturated heterocycles. The first-order valence-corrected chi connectivity index (χ1v) is 11.5. The van der Waals surface area contributed by atoms with E-state index in [2.05, 4.69) is 4.90 Å². The molecule has 2 aliphatic rings. The minimum Gasteiger partial charge on any atom is -0.444 e. The summed E-state index contributed by atoms with van der Waals surface area (Å²) in [7, 11) is 0. The summed E-state index contributed by atoms with van der Waals surface area (Å²) in [6.45, 7) is 9.75. The summed E-state index contributed by atoms with van der Waals surface area (Å²) >= 11 is 0. The van der Waals surface area contributed by atoms with Crippen molar-refractivity contribution in [3.05, 3.63) is 35.4 Å². The molecule has 3 rings (SSSR count). The Morgan fingerprint density at radius 2 is 1.58 bits per heavy atom. The molecule has 2 atom stereocenters. The van der Waals surface area contributed by atoms with Crippen LogP contribution in [0.25, 0.3) is 0 Å². The molecule has 33 heavy (non-hydrogen) atoms. The summed E-state index contributed by atoms with van der Waals surface area (Å²) in [4.78, 5) is 27.7. The largest absolute Gasteiger partial charge is 0.471 e. The number of carbonyl (C=O) groups excluding carboxylic acids is 2. The molecule has 2 unspecified atom stereocenters. The first-order valence-electron chi connectivity index (χ1n) is 11.5. The van der Waals surface area contributed by atoms with E-state index in [-0.39, 0.29) is 12.1 Å². The van der Waals surface area contributed by atoms with Crippen LogP contribution in [0.5, 0.6) is 0 Å². The second-order valence-electron chi connectivity index (χ2n) is 10.1. The summed E-state index contributed by atoms with van der Waals surface area (Å²) in [6.07, 6.45) is -1.74. The molecule has 1 aliphatic carbocycles. The fourth-order valence-corrected chi connectivity index (χ4v) is 4.08. The lowest BCUT2D eigenvalue weighted by Gasteiger charge is -2.40. The number of alkyl halides is 3. The molecule has 0 aromatic heterocycles. The van der Waals surface area contributed by atoms with Crippen LogP contribution in [0.15, 0.2) is 24.3 Å². The number of benzene rings is 1. The minimum absolute atomic E-state index is 0.187. The smallest absolute Gasteiger partial charge is 0.444 e. The molecule has 1 N–H and O–H groups in total. The summed E-state index contributed by atoms with van der Waals surface area (Å²) < 4.78 is 43.1. The summed E-state index contributed by atoms with van der Waals surface area (Å²) in [5.74, 6) is -1.25. The van der Waals surface area contributed by atoms with E-state index < -0.39 is 23.7 Å². The van der Waals surface area contributed by atoms with Crippen LogP contribution in [0.4, 0.5) is 18.0 Å². The molecule has 184 valence electrons. The summed E-state index contributed by atoms with van der Waals surface area (Å²) in [5, 5.41) is 2.00. The third-order valence-corrected chi connectivity index (χ3v) is 6.09. The topological polar surface area (TPSA) is 61.9 Å². The van der Waals surface area contributed by atoms with Crippen LogP contribution >= 0.6 is 0 Å². The third-order valence-electron chi connectivity index (χ3n) is 6.09. The number of piperazine rings is 1. The Labute approximate surface area is 193 Å². The van der Waals surface area contributed by atoms with Gasteiger partial charge in [-0.15, -0.1) is 0 Å². The van der Waals surface area contributed by atoms with Crippen molar-refractivity contribution in [2.24, 2.45) is 5.92 Å². The van der Waals surface area contributed by atoms with Gasteiger partial charge in [-0.1, -0.05) is 37.1 Å². The zero-order valence-corrected chi connectivity index (χ0v) is 19.7. The van der Waals surface area contributed by atoms with Gasteiger partial charge in [0.05, 0.1) is 6.04 Å². The van der Waals surface area contributed by atoms with Crippen molar-refractivity contribution >= 4 is 12.0 Å². The maximum Gasteiger partial charge on any atom is 0.471 e. The summed E-state index contributed by atoms with van der Waals surface area (Å²) in [5.41, 5.74) is 1.20. The van der Waals surface area contributed by atoms with Gasteiger partial charge in [-0.05, 0) is 51.2 Å². The summed E-state index contributed by atoms with van der Waals surface area (Å²) in [6, 6.07) is 6.90. The Balaban J connectivity index is 1.64. The Hall–Kier alpha value is -2.29. The molecular formula is C24H34F3N3O3. The number of nitrogens with zero attached hydrogens (tertiary/aromatic N) is 2. The van der Waals surface area contributed by atoms with Crippen LogP contribution < -0.4 is 5.32 Å². The molecule has 2 fully saturated rings. The molecule has 1 aromatic carbocycles. The number of halogens is 3. The van der Waals surface area contributed by atoms with Crippen LogP contribution in [0.3, 0.4) is 0 Å². The number of ether oxygens (including phenoxy) is 1. The number of rotatable bonds is 6. The highest BCUT2D eigenvalue weighted by Crippen LogP contribution is 2.40. The van der Waals surface area contributed by atoms with E-state index in [1.807, 2.05) is 38.2 Å². The van der Waals surface area contributed by atoms with Crippen molar-refractivity contribution < 1.29 is 27.5 Å². The van der Waals surface area contributed by atoms with E-state index in [0.29, 0.717) is 24.6 Å². The number of carbonyl (C=O) groups is 2. The van der Waals surface area contributed by atoms with Gasteiger partial charge in [0.15, 0.2) is 0 Å². The van der Waals surface area contributed by atoms with E-state index in [1.54, 1.807) is 17.0 Å². The highest BCUT2D eigenvalue weighted by atomic mass is 19.4. The first kappa shape index (κ1) is 25.3. The van der Waals surface area contributed by atoms with Gasteiger partial charge in [-0.25, -0.2) is 4.79 Å². The number of hydrogen-bond acceptors (Lipinski definition) is 4. The normalized spacial score (nSPS) is 19.7. The van der Waals surface area contributed by atoms with Gasteiger partial charge >= 0.3 is 18.2 Å². The van der Waals surface area contributed by atoms with E-state index in [9.17, 15) is 22.8 Å². The molecule has 6 nitrogen and oxygen atoms in total. The highest BCUT2D eigenvalue weighted by molar-refractivity contribution is 5.82. The van der Waals surface area contributed by atoms with Gasteiger partial charge in [0.2, 0.25) is 0 Å². The van der Waals surface area contributed by atoms with Crippen LogP contribution in [0.2, 0.25) is 0 Å². The van der Waals surface area contributed by atoms with E-state index >= 15 is 0 Å². The molecule has 0 spiro atoms. The second kappa shape index (κ2) is 9.91. The Bertz CT molecular complexity index is 824. The fraction of sp³-hybridized carbons (Fsp3) is 0.667. The molecule has 1 aromatic rings. The van der Waals surface area contributed by atoms with Crippen molar-refractivity contribution in [2.45, 2.75) is 70.8 Å². The van der Waals surface area contributed by atoms with Crippen molar-refractivity contribution in [2.75, 3.05) is 26.2 Å². The van der Waals surface area contributed by atoms with Gasteiger partial charge < -0.3 is 15.0 Å². The Morgan fingerprint density at radius 1 is 1.03 bits per heavy atom. The first-order chi connectivity index (χ1) is 15.3. The Kier molecular flexibility index (Phi) is 7.61. The minimum atomic E-state index is -4.90. The van der Waals surface area contributed by atoms with Gasteiger partial charge in [-0.2, -0.15) is 13.2 Å². The van der Waals surface area contributed by atoms with Crippen molar-refractivity contribution in [1.82, 2.24) is 15.1 Å². The molecule has 0 radical (unpaired) electrons. The van der Waals surface area contributed by atoms with Gasteiger partial charge in [0, 0.05) is 32.2 Å². The third kappa shape index (κ3) is 7.35. The Morgan fingerprint density at radius 3 is 2.06 bits per heavy atom. The molecule has 1 aliphatic heterocycles. The van der Waals surface area contributed by atoms with Crippen LogP contribution in [0, 0.1) is 5.92 Å². The van der Waals surface area contributed by atoms with Crippen molar-refractivity contribution in [3.63, 3.8) is 0 Å². The van der Waals surface area contributed by atoms with E-state index in [1.165, 1.54) is 19.8 Å². The lowest BCUT2D eigenvalue weighted by molar-refractivity contribution is -0.174. The van der Waals surface area contributed by atoms with E-state index in [4.69, 9.17) is 4.74 Å². The van der Waals surface area contributed by atoms with Gasteiger partial charge in [-0.3, -0.25) is 9.69 Å². The van der Waals surface area contributed by atoms with Crippen LogP contribution in [-0.4, -0.2) is 59.8 Å².